The van der Waals surface area contributed by atoms with Crippen LogP contribution in [0.5, 0.6) is 0 Å². The lowest BCUT2D eigenvalue weighted by atomic mass is 9.85. The first-order chi connectivity index (χ1) is 8.61. The Hall–Kier alpha value is -0.570. The summed E-state index contributed by atoms with van der Waals surface area (Å²) < 4.78 is 0. The minimum absolute atomic E-state index is 0.178. The first kappa shape index (κ1) is 12.5. The Balaban J connectivity index is 1.57. The lowest BCUT2D eigenvalue weighted by molar-refractivity contribution is -0.131. The van der Waals surface area contributed by atoms with E-state index < -0.39 is 0 Å². The van der Waals surface area contributed by atoms with E-state index in [-0.39, 0.29) is 5.54 Å². The SMILES string of the molecule is NC1(CC(=O)N2CCC3(CCCC3)C2)CCCC1. The fourth-order valence-electron chi connectivity index (χ4n) is 4.35. The predicted molar refractivity (Wildman–Crippen MR) is 72.1 cm³/mol. The zero-order valence-corrected chi connectivity index (χ0v) is 11.4. The molecule has 2 N–H and O–H groups in total. The Kier molecular flexibility index (Phi) is 3.13. The molecule has 0 aromatic carbocycles. The third kappa shape index (κ3) is 2.29. The molecule has 1 amide bonds. The molecule has 0 aromatic rings. The number of likely N-dealkylation sites (tertiary alicyclic amines) is 1. The van der Waals surface area contributed by atoms with Gasteiger partial charge in [-0.1, -0.05) is 25.7 Å². The van der Waals surface area contributed by atoms with Gasteiger partial charge in [-0.3, -0.25) is 4.79 Å². The molecule has 1 heterocycles. The number of amides is 1. The molecule has 1 saturated heterocycles. The van der Waals surface area contributed by atoms with Crippen LogP contribution in [0.2, 0.25) is 0 Å². The number of hydrogen-bond acceptors (Lipinski definition) is 2. The van der Waals surface area contributed by atoms with E-state index in [1.807, 2.05) is 0 Å². The van der Waals surface area contributed by atoms with Crippen molar-refractivity contribution in [3.63, 3.8) is 0 Å². The van der Waals surface area contributed by atoms with Gasteiger partial charge in [0.05, 0.1) is 0 Å². The third-order valence-electron chi connectivity index (χ3n) is 5.56. The molecule has 3 rings (SSSR count). The van der Waals surface area contributed by atoms with Crippen molar-refractivity contribution in [2.75, 3.05) is 13.1 Å². The van der Waals surface area contributed by atoms with Crippen LogP contribution in [0.4, 0.5) is 0 Å². The van der Waals surface area contributed by atoms with Crippen LogP contribution in [0.15, 0.2) is 0 Å². The van der Waals surface area contributed by atoms with E-state index in [0.29, 0.717) is 17.7 Å². The number of rotatable bonds is 2. The van der Waals surface area contributed by atoms with Crippen LogP contribution in [0, 0.1) is 5.41 Å². The Bertz CT molecular complexity index is 327. The topological polar surface area (TPSA) is 46.3 Å². The molecule has 0 atom stereocenters. The maximum absolute atomic E-state index is 12.4. The summed E-state index contributed by atoms with van der Waals surface area (Å²) in [6.07, 6.45) is 11.7. The van der Waals surface area contributed by atoms with Crippen LogP contribution in [-0.4, -0.2) is 29.4 Å². The minimum Gasteiger partial charge on any atom is -0.342 e. The Morgan fingerprint density at radius 3 is 2.28 bits per heavy atom. The van der Waals surface area contributed by atoms with Crippen molar-refractivity contribution in [1.29, 1.82) is 0 Å². The average molecular weight is 250 g/mol. The summed E-state index contributed by atoms with van der Waals surface area (Å²) in [7, 11) is 0. The largest absolute Gasteiger partial charge is 0.342 e. The fraction of sp³-hybridized carbons (Fsp3) is 0.933. The maximum Gasteiger partial charge on any atom is 0.224 e. The molecule has 102 valence electrons. The van der Waals surface area contributed by atoms with Crippen LogP contribution in [0.25, 0.3) is 0 Å². The van der Waals surface area contributed by atoms with Crippen LogP contribution in [0.3, 0.4) is 0 Å². The van der Waals surface area contributed by atoms with Gasteiger partial charge in [-0.15, -0.1) is 0 Å². The molecule has 0 aromatic heterocycles. The molecule has 3 heteroatoms. The molecule has 1 spiro atoms. The van der Waals surface area contributed by atoms with E-state index in [2.05, 4.69) is 4.90 Å². The number of nitrogens with two attached hydrogens (primary N) is 1. The Morgan fingerprint density at radius 2 is 1.61 bits per heavy atom. The van der Waals surface area contributed by atoms with Crippen molar-refractivity contribution >= 4 is 5.91 Å². The van der Waals surface area contributed by atoms with Crippen molar-refractivity contribution < 1.29 is 4.79 Å². The van der Waals surface area contributed by atoms with E-state index in [9.17, 15) is 4.79 Å². The molecule has 0 unspecified atom stereocenters. The molecular weight excluding hydrogens is 224 g/mol. The zero-order valence-electron chi connectivity index (χ0n) is 11.4. The average Bonchev–Trinajstić information content (AvgIpc) is 3.03. The second kappa shape index (κ2) is 4.52. The van der Waals surface area contributed by atoms with Gasteiger partial charge in [0.2, 0.25) is 5.91 Å². The van der Waals surface area contributed by atoms with Gasteiger partial charge in [0, 0.05) is 25.0 Å². The smallest absolute Gasteiger partial charge is 0.224 e. The van der Waals surface area contributed by atoms with Gasteiger partial charge in [0.15, 0.2) is 0 Å². The monoisotopic (exact) mass is 250 g/mol. The number of carbonyl (C=O) groups is 1. The first-order valence-electron chi connectivity index (χ1n) is 7.68. The second-order valence-electron chi connectivity index (χ2n) is 7.02. The summed E-state index contributed by atoms with van der Waals surface area (Å²) in [4.78, 5) is 14.5. The summed E-state index contributed by atoms with van der Waals surface area (Å²) in [6, 6.07) is 0. The van der Waals surface area contributed by atoms with Crippen molar-refractivity contribution in [1.82, 2.24) is 4.90 Å². The maximum atomic E-state index is 12.4. The van der Waals surface area contributed by atoms with E-state index in [4.69, 9.17) is 5.73 Å². The fourth-order valence-corrected chi connectivity index (χ4v) is 4.35. The predicted octanol–water partition coefficient (Wildman–Crippen LogP) is 2.44. The van der Waals surface area contributed by atoms with E-state index in [0.717, 1.165) is 25.9 Å². The van der Waals surface area contributed by atoms with Crippen molar-refractivity contribution in [3.8, 4) is 0 Å². The molecule has 0 radical (unpaired) electrons. The number of nitrogens with zero attached hydrogens (tertiary/aromatic N) is 1. The summed E-state index contributed by atoms with van der Waals surface area (Å²) in [6.45, 7) is 2.00. The van der Waals surface area contributed by atoms with Crippen molar-refractivity contribution in [3.05, 3.63) is 0 Å². The lowest BCUT2D eigenvalue weighted by Crippen LogP contribution is -2.43. The molecule has 3 fully saturated rings. The van der Waals surface area contributed by atoms with Gasteiger partial charge in [-0.05, 0) is 37.5 Å². The van der Waals surface area contributed by atoms with Crippen LogP contribution < -0.4 is 5.73 Å². The van der Waals surface area contributed by atoms with Gasteiger partial charge in [-0.2, -0.15) is 0 Å². The molecular formula is C15H26N2O. The highest BCUT2D eigenvalue weighted by Crippen LogP contribution is 2.45. The lowest BCUT2D eigenvalue weighted by Gasteiger charge is -2.28. The van der Waals surface area contributed by atoms with Crippen molar-refractivity contribution in [2.45, 2.75) is 69.7 Å². The molecule has 3 nitrogen and oxygen atoms in total. The standard InChI is InChI=1S/C15H26N2O/c16-15(7-3-4-8-15)11-13(18)17-10-9-14(12-17)5-1-2-6-14/h1-12,16H2. The second-order valence-corrected chi connectivity index (χ2v) is 7.02. The van der Waals surface area contributed by atoms with Crippen molar-refractivity contribution in [2.24, 2.45) is 11.1 Å². The van der Waals surface area contributed by atoms with Gasteiger partial charge < -0.3 is 10.6 Å². The van der Waals surface area contributed by atoms with Gasteiger partial charge in [0.25, 0.3) is 0 Å². The zero-order chi connectivity index (χ0) is 12.6. The van der Waals surface area contributed by atoms with Crippen LogP contribution in [0.1, 0.15) is 64.2 Å². The summed E-state index contributed by atoms with van der Waals surface area (Å²) in [5.41, 5.74) is 6.64. The highest BCUT2D eigenvalue weighted by molar-refractivity contribution is 5.78. The summed E-state index contributed by atoms with van der Waals surface area (Å²) in [5, 5.41) is 0. The van der Waals surface area contributed by atoms with Gasteiger partial charge in [-0.25, -0.2) is 0 Å². The first-order valence-corrected chi connectivity index (χ1v) is 7.68. The Labute approximate surface area is 110 Å². The van der Waals surface area contributed by atoms with Crippen LogP contribution in [-0.2, 0) is 4.79 Å². The molecule has 2 saturated carbocycles. The minimum atomic E-state index is -0.178. The highest BCUT2D eigenvalue weighted by Gasteiger charge is 2.43. The molecule has 3 aliphatic rings. The molecule has 18 heavy (non-hydrogen) atoms. The van der Waals surface area contributed by atoms with Gasteiger partial charge >= 0.3 is 0 Å². The van der Waals surface area contributed by atoms with Crippen LogP contribution >= 0.6 is 0 Å². The molecule has 2 aliphatic carbocycles. The highest BCUT2D eigenvalue weighted by atomic mass is 16.2. The number of carbonyl (C=O) groups excluding carboxylic acids is 1. The quantitative estimate of drug-likeness (QED) is 0.818. The van der Waals surface area contributed by atoms with Gasteiger partial charge in [0.1, 0.15) is 0 Å². The summed E-state index contributed by atoms with van der Waals surface area (Å²) in [5.74, 6) is 0.322. The number of hydrogen-bond donors (Lipinski definition) is 1. The van der Waals surface area contributed by atoms with E-state index >= 15 is 0 Å². The third-order valence-corrected chi connectivity index (χ3v) is 5.56. The van der Waals surface area contributed by atoms with E-state index in [1.54, 1.807) is 0 Å². The normalized spacial score (nSPS) is 29.3. The Morgan fingerprint density at radius 1 is 1.00 bits per heavy atom. The summed E-state index contributed by atoms with van der Waals surface area (Å²) >= 11 is 0. The molecule has 1 aliphatic heterocycles. The van der Waals surface area contributed by atoms with E-state index in [1.165, 1.54) is 44.9 Å². The molecule has 0 bridgehead atoms.